The van der Waals surface area contributed by atoms with Crippen molar-refractivity contribution in [1.29, 1.82) is 0 Å². The van der Waals surface area contributed by atoms with Crippen molar-refractivity contribution in [3.63, 3.8) is 0 Å². The summed E-state index contributed by atoms with van der Waals surface area (Å²) >= 11 is 0. The number of nitrogen functional groups attached to an aromatic ring is 1. The van der Waals surface area contributed by atoms with Gasteiger partial charge in [-0.1, -0.05) is 13.3 Å². The van der Waals surface area contributed by atoms with E-state index in [1.54, 1.807) is 18.5 Å². The van der Waals surface area contributed by atoms with E-state index in [1.807, 2.05) is 11.9 Å². The molecule has 1 amide bonds. The molecule has 0 aliphatic rings. The largest absolute Gasteiger partial charge is 0.396 e. The molecular weight excluding hydrogens is 216 g/mol. The van der Waals surface area contributed by atoms with E-state index in [2.05, 4.69) is 17.2 Å². The summed E-state index contributed by atoms with van der Waals surface area (Å²) < 4.78 is 0. The quantitative estimate of drug-likeness (QED) is 0.723. The second-order valence-electron chi connectivity index (χ2n) is 3.99. The fraction of sp³-hybridized carbons (Fsp3) is 0.500. The van der Waals surface area contributed by atoms with Gasteiger partial charge in [-0.05, 0) is 12.5 Å². The van der Waals surface area contributed by atoms with E-state index >= 15 is 0 Å². The molecule has 1 aromatic heterocycles. The van der Waals surface area contributed by atoms with Gasteiger partial charge in [-0.3, -0.25) is 9.78 Å². The van der Waals surface area contributed by atoms with Gasteiger partial charge < -0.3 is 16.0 Å². The van der Waals surface area contributed by atoms with Crippen LogP contribution >= 0.6 is 0 Å². The van der Waals surface area contributed by atoms with Crippen molar-refractivity contribution in [1.82, 2.24) is 10.3 Å². The summed E-state index contributed by atoms with van der Waals surface area (Å²) in [6.45, 7) is 3.13. The first kappa shape index (κ1) is 13.3. The summed E-state index contributed by atoms with van der Waals surface area (Å²) in [6.07, 6.45) is 5.33. The highest BCUT2D eigenvalue weighted by Gasteiger charge is 2.09. The maximum atomic E-state index is 11.6. The highest BCUT2D eigenvalue weighted by Crippen LogP contribution is 2.19. The molecule has 0 saturated heterocycles. The molecule has 5 heteroatoms. The number of nitrogens with zero attached hydrogens (tertiary/aromatic N) is 2. The third kappa shape index (κ3) is 4.30. The molecule has 0 aliphatic carbocycles. The minimum absolute atomic E-state index is 0.0113. The lowest BCUT2D eigenvalue weighted by Crippen LogP contribution is -2.35. The smallest absolute Gasteiger partial charge is 0.239 e. The van der Waals surface area contributed by atoms with Gasteiger partial charge in [0.15, 0.2) is 0 Å². The standard InChI is InChI=1S/C12H20N4O/c1-3-4-6-15-12(17)9-16(2)11-5-7-14-8-10(11)13/h5,7-8H,3-4,6,9,13H2,1-2H3,(H,15,17). The molecule has 1 aromatic rings. The van der Waals surface area contributed by atoms with Crippen molar-refractivity contribution >= 4 is 17.3 Å². The molecule has 0 radical (unpaired) electrons. The Morgan fingerprint density at radius 3 is 3.00 bits per heavy atom. The fourth-order valence-corrected chi connectivity index (χ4v) is 1.51. The van der Waals surface area contributed by atoms with E-state index in [9.17, 15) is 4.79 Å². The van der Waals surface area contributed by atoms with Crippen LogP contribution in [0.4, 0.5) is 11.4 Å². The van der Waals surface area contributed by atoms with Crippen LogP contribution < -0.4 is 16.0 Å². The lowest BCUT2D eigenvalue weighted by atomic mass is 10.3. The first-order valence-electron chi connectivity index (χ1n) is 5.82. The normalized spacial score (nSPS) is 10.0. The molecule has 3 N–H and O–H groups in total. The molecule has 1 heterocycles. The van der Waals surface area contributed by atoms with Gasteiger partial charge in [0.05, 0.1) is 24.1 Å². The zero-order chi connectivity index (χ0) is 12.7. The molecule has 0 spiro atoms. The first-order chi connectivity index (χ1) is 8.15. The number of pyridine rings is 1. The Bertz CT molecular complexity index is 367. The first-order valence-corrected chi connectivity index (χ1v) is 5.82. The third-order valence-corrected chi connectivity index (χ3v) is 2.47. The predicted molar refractivity (Wildman–Crippen MR) is 69.8 cm³/mol. The molecule has 0 saturated carbocycles. The summed E-state index contributed by atoms with van der Waals surface area (Å²) in [5.74, 6) is 0.0113. The van der Waals surface area contributed by atoms with Gasteiger partial charge >= 0.3 is 0 Å². The van der Waals surface area contributed by atoms with Crippen molar-refractivity contribution < 1.29 is 4.79 Å². The van der Waals surface area contributed by atoms with Gasteiger partial charge in [-0.15, -0.1) is 0 Å². The van der Waals surface area contributed by atoms with Crippen LogP contribution in [0.25, 0.3) is 0 Å². The van der Waals surface area contributed by atoms with Crippen LogP contribution in [0.3, 0.4) is 0 Å². The molecule has 0 atom stereocenters. The molecule has 17 heavy (non-hydrogen) atoms. The Kier molecular flexibility index (Phi) is 5.26. The molecule has 0 bridgehead atoms. The van der Waals surface area contributed by atoms with E-state index in [-0.39, 0.29) is 5.91 Å². The van der Waals surface area contributed by atoms with Crippen LogP contribution in [0.1, 0.15) is 19.8 Å². The molecule has 0 aliphatic heterocycles. The minimum atomic E-state index is 0.0113. The maximum absolute atomic E-state index is 11.6. The van der Waals surface area contributed by atoms with Crippen LogP contribution in [0, 0.1) is 0 Å². The number of amides is 1. The average molecular weight is 236 g/mol. The Morgan fingerprint density at radius 1 is 1.59 bits per heavy atom. The van der Waals surface area contributed by atoms with Gasteiger partial charge in [0, 0.05) is 19.8 Å². The Morgan fingerprint density at radius 2 is 2.35 bits per heavy atom. The fourth-order valence-electron chi connectivity index (χ4n) is 1.51. The third-order valence-electron chi connectivity index (χ3n) is 2.47. The average Bonchev–Trinajstić information content (AvgIpc) is 2.29. The van der Waals surface area contributed by atoms with Crippen LogP contribution in [-0.4, -0.2) is 31.0 Å². The second-order valence-corrected chi connectivity index (χ2v) is 3.99. The van der Waals surface area contributed by atoms with Gasteiger partial charge in [-0.25, -0.2) is 0 Å². The van der Waals surface area contributed by atoms with Crippen molar-refractivity contribution in [2.75, 3.05) is 30.8 Å². The zero-order valence-electron chi connectivity index (χ0n) is 10.4. The molecule has 0 fully saturated rings. The number of hydrogen-bond acceptors (Lipinski definition) is 4. The van der Waals surface area contributed by atoms with Crippen LogP contribution in [0.2, 0.25) is 0 Å². The summed E-state index contributed by atoms with van der Waals surface area (Å²) in [4.78, 5) is 17.3. The van der Waals surface area contributed by atoms with Gasteiger partial charge in [0.1, 0.15) is 0 Å². The van der Waals surface area contributed by atoms with Gasteiger partial charge in [0.25, 0.3) is 0 Å². The van der Waals surface area contributed by atoms with Crippen LogP contribution in [-0.2, 0) is 4.79 Å². The number of anilines is 2. The summed E-state index contributed by atoms with van der Waals surface area (Å²) in [6, 6.07) is 1.80. The monoisotopic (exact) mass is 236 g/mol. The van der Waals surface area contributed by atoms with Crippen LogP contribution in [0.15, 0.2) is 18.5 Å². The number of hydrogen-bond donors (Lipinski definition) is 2. The van der Waals surface area contributed by atoms with Crippen molar-refractivity contribution in [3.05, 3.63) is 18.5 Å². The van der Waals surface area contributed by atoms with E-state index in [0.29, 0.717) is 12.2 Å². The Hall–Kier alpha value is -1.78. The van der Waals surface area contributed by atoms with E-state index in [4.69, 9.17) is 5.73 Å². The second kappa shape index (κ2) is 6.73. The summed E-state index contributed by atoms with van der Waals surface area (Å²) in [5.41, 5.74) is 7.19. The molecule has 0 unspecified atom stereocenters. The maximum Gasteiger partial charge on any atom is 0.239 e. The Balaban J connectivity index is 2.46. The number of likely N-dealkylation sites (N-methyl/N-ethyl adjacent to an activating group) is 1. The summed E-state index contributed by atoms with van der Waals surface area (Å²) in [7, 11) is 1.84. The summed E-state index contributed by atoms with van der Waals surface area (Å²) in [5, 5.41) is 2.87. The SMILES string of the molecule is CCCCNC(=O)CN(C)c1ccncc1N. The van der Waals surface area contributed by atoms with E-state index in [0.717, 1.165) is 25.1 Å². The zero-order valence-corrected chi connectivity index (χ0v) is 10.4. The molecular formula is C12H20N4O. The molecule has 0 aromatic carbocycles. The predicted octanol–water partition coefficient (Wildman–Crippen LogP) is 1.02. The number of aromatic nitrogens is 1. The number of rotatable bonds is 6. The van der Waals surface area contributed by atoms with Crippen molar-refractivity contribution in [2.24, 2.45) is 0 Å². The van der Waals surface area contributed by atoms with Gasteiger partial charge in [-0.2, -0.15) is 0 Å². The van der Waals surface area contributed by atoms with Crippen molar-refractivity contribution in [2.45, 2.75) is 19.8 Å². The molecule has 1 rings (SSSR count). The highest BCUT2D eigenvalue weighted by atomic mass is 16.2. The van der Waals surface area contributed by atoms with E-state index in [1.165, 1.54) is 0 Å². The number of nitrogens with one attached hydrogen (secondary N) is 1. The molecule has 5 nitrogen and oxygen atoms in total. The van der Waals surface area contributed by atoms with Crippen LogP contribution in [0.5, 0.6) is 0 Å². The minimum Gasteiger partial charge on any atom is -0.396 e. The number of carbonyl (C=O) groups excluding carboxylic acids is 1. The number of unbranched alkanes of at least 4 members (excludes halogenated alkanes) is 1. The van der Waals surface area contributed by atoms with Gasteiger partial charge in [0.2, 0.25) is 5.91 Å². The van der Waals surface area contributed by atoms with E-state index < -0.39 is 0 Å². The molecule has 94 valence electrons. The van der Waals surface area contributed by atoms with Crippen molar-refractivity contribution in [3.8, 4) is 0 Å². The number of nitrogens with two attached hydrogens (primary N) is 1. The topological polar surface area (TPSA) is 71.2 Å². The Labute approximate surface area is 102 Å². The number of carbonyl (C=O) groups is 1. The lowest BCUT2D eigenvalue weighted by Gasteiger charge is -2.20. The lowest BCUT2D eigenvalue weighted by molar-refractivity contribution is -0.119. The highest BCUT2D eigenvalue weighted by molar-refractivity contribution is 5.82.